The van der Waals surface area contributed by atoms with Crippen molar-refractivity contribution in [3.63, 3.8) is 0 Å². The van der Waals surface area contributed by atoms with Gasteiger partial charge in [-0.1, -0.05) is 18.2 Å². The summed E-state index contributed by atoms with van der Waals surface area (Å²) in [6, 6.07) is 13.0. The van der Waals surface area contributed by atoms with Gasteiger partial charge in [-0.2, -0.15) is 0 Å². The number of carbonyl (C=O) groups is 2. The average molecular weight is 385 g/mol. The second-order valence-corrected chi connectivity index (χ2v) is 6.56. The number of rotatable bonds is 6. The lowest BCUT2D eigenvalue weighted by Gasteiger charge is -2.34. The summed E-state index contributed by atoms with van der Waals surface area (Å²) in [7, 11) is 0. The minimum absolute atomic E-state index is 0.0621. The van der Waals surface area contributed by atoms with Crippen molar-refractivity contribution in [1.29, 1.82) is 0 Å². The van der Waals surface area contributed by atoms with Gasteiger partial charge in [0.2, 0.25) is 5.91 Å². The van der Waals surface area contributed by atoms with E-state index in [0.717, 1.165) is 0 Å². The molecule has 6 nitrogen and oxygen atoms in total. The first-order chi connectivity index (χ1) is 13.6. The fraction of sp³-hybridized carbons (Fsp3) is 0.333. The van der Waals surface area contributed by atoms with Crippen molar-refractivity contribution in [2.24, 2.45) is 0 Å². The molecule has 0 aromatic heterocycles. The molecule has 2 amide bonds. The van der Waals surface area contributed by atoms with Crippen molar-refractivity contribution < 1.29 is 18.7 Å². The second kappa shape index (κ2) is 9.32. The molecule has 1 heterocycles. The van der Waals surface area contributed by atoms with Crippen LogP contribution in [0.3, 0.4) is 0 Å². The highest BCUT2D eigenvalue weighted by molar-refractivity contribution is 5.97. The number of nitrogens with zero attached hydrogens (tertiary/aromatic N) is 2. The number of hydrogen-bond donors (Lipinski definition) is 1. The van der Waals surface area contributed by atoms with Gasteiger partial charge in [0.15, 0.2) is 0 Å². The topological polar surface area (TPSA) is 61.9 Å². The van der Waals surface area contributed by atoms with Crippen LogP contribution in [0.5, 0.6) is 5.75 Å². The molecule has 0 atom stereocenters. The average Bonchev–Trinajstić information content (AvgIpc) is 2.69. The zero-order valence-electron chi connectivity index (χ0n) is 15.9. The van der Waals surface area contributed by atoms with E-state index in [1.54, 1.807) is 29.2 Å². The number of piperazine rings is 1. The van der Waals surface area contributed by atoms with Crippen LogP contribution >= 0.6 is 0 Å². The number of ether oxygens (including phenoxy) is 1. The number of nitrogens with one attached hydrogen (secondary N) is 1. The Balaban J connectivity index is 1.51. The number of benzene rings is 2. The van der Waals surface area contributed by atoms with Crippen LogP contribution in [0.4, 0.5) is 10.1 Å². The smallest absolute Gasteiger partial charge is 0.257 e. The number of amides is 2. The summed E-state index contributed by atoms with van der Waals surface area (Å²) in [5, 5.41) is 2.69. The Morgan fingerprint density at radius 1 is 1.07 bits per heavy atom. The van der Waals surface area contributed by atoms with Gasteiger partial charge in [0.25, 0.3) is 5.91 Å². The monoisotopic (exact) mass is 385 g/mol. The van der Waals surface area contributed by atoms with Gasteiger partial charge in [-0.05, 0) is 37.3 Å². The normalized spacial score (nSPS) is 14.6. The fourth-order valence-corrected chi connectivity index (χ4v) is 3.17. The molecule has 3 rings (SSSR count). The third-order valence-electron chi connectivity index (χ3n) is 4.55. The van der Waals surface area contributed by atoms with Crippen molar-refractivity contribution in [3.05, 3.63) is 59.9 Å². The molecule has 28 heavy (non-hydrogen) atoms. The fourth-order valence-electron chi connectivity index (χ4n) is 3.17. The van der Waals surface area contributed by atoms with Gasteiger partial charge in [-0.15, -0.1) is 0 Å². The molecular formula is C21H24FN3O3. The first-order valence-electron chi connectivity index (χ1n) is 9.35. The lowest BCUT2D eigenvalue weighted by atomic mass is 10.1. The highest BCUT2D eigenvalue weighted by Crippen LogP contribution is 2.20. The first kappa shape index (κ1) is 19.8. The molecular weight excluding hydrogens is 361 g/mol. The highest BCUT2D eigenvalue weighted by Gasteiger charge is 2.25. The maximum absolute atomic E-state index is 13.2. The van der Waals surface area contributed by atoms with Crippen molar-refractivity contribution in [3.8, 4) is 5.75 Å². The maximum atomic E-state index is 13.2. The molecule has 1 fully saturated rings. The van der Waals surface area contributed by atoms with E-state index >= 15 is 0 Å². The van der Waals surface area contributed by atoms with Gasteiger partial charge < -0.3 is 15.0 Å². The molecule has 0 spiro atoms. The van der Waals surface area contributed by atoms with E-state index in [0.29, 0.717) is 49.8 Å². The molecule has 0 bridgehead atoms. The molecule has 1 saturated heterocycles. The molecule has 0 unspecified atom stereocenters. The third kappa shape index (κ3) is 5.07. The molecule has 0 radical (unpaired) electrons. The minimum atomic E-state index is -0.391. The predicted octanol–water partition coefficient (Wildman–Crippen LogP) is 2.62. The Kier molecular flexibility index (Phi) is 6.60. The summed E-state index contributed by atoms with van der Waals surface area (Å²) in [6.07, 6.45) is 0. The van der Waals surface area contributed by atoms with Gasteiger partial charge in [0.1, 0.15) is 11.6 Å². The molecule has 2 aromatic carbocycles. The van der Waals surface area contributed by atoms with E-state index < -0.39 is 5.82 Å². The summed E-state index contributed by atoms with van der Waals surface area (Å²) in [5.41, 5.74) is 0.994. The van der Waals surface area contributed by atoms with Crippen LogP contribution in [0.2, 0.25) is 0 Å². The lowest BCUT2D eigenvalue weighted by molar-refractivity contribution is -0.117. The van der Waals surface area contributed by atoms with E-state index in [2.05, 4.69) is 5.32 Å². The molecule has 1 aliphatic heterocycles. The van der Waals surface area contributed by atoms with Crippen LogP contribution in [-0.2, 0) is 4.79 Å². The standard InChI is InChI=1S/C21H24FN3O3/c1-2-28-19-9-4-3-8-18(19)21(27)25-12-10-24(11-13-25)15-20(26)23-17-7-5-6-16(22)14-17/h3-9,14H,2,10-13,15H2,1H3,(H,23,26). The van der Waals surface area contributed by atoms with E-state index in [9.17, 15) is 14.0 Å². The van der Waals surface area contributed by atoms with Crippen molar-refractivity contribution in [2.75, 3.05) is 44.6 Å². The predicted molar refractivity (Wildman–Crippen MR) is 105 cm³/mol. The van der Waals surface area contributed by atoms with Crippen molar-refractivity contribution >= 4 is 17.5 Å². The molecule has 2 aromatic rings. The van der Waals surface area contributed by atoms with Crippen molar-refractivity contribution in [2.45, 2.75) is 6.92 Å². The number of para-hydroxylation sites is 1. The summed E-state index contributed by atoms with van der Waals surface area (Å²) in [5.74, 6) is -0.0656. The number of carbonyl (C=O) groups excluding carboxylic acids is 2. The quantitative estimate of drug-likeness (QED) is 0.830. The zero-order chi connectivity index (χ0) is 19.9. The summed E-state index contributed by atoms with van der Waals surface area (Å²) in [6.45, 7) is 4.85. The highest BCUT2D eigenvalue weighted by atomic mass is 19.1. The van der Waals surface area contributed by atoms with Gasteiger partial charge in [-0.25, -0.2) is 4.39 Å². The summed E-state index contributed by atoms with van der Waals surface area (Å²) < 4.78 is 18.8. The second-order valence-electron chi connectivity index (χ2n) is 6.56. The molecule has 0 saturated carbocycles. The largest absolute Gasteiger partial charge is 0.493 e. The van der Waals surface area contributed by atoms with E-state index in [-0.39, 0.29) is 18.4 Å². The number of hydrogen-bond acceptors (Lipinski definition) is 4. The minimum Gasteiger partial charge on any atom is -0.493 e. The zero-order valence-corrected chi connectivity index (χ0v) is 15.9. The van der Waals surface area contributed by atoms with Gasteiger partial charge in [-0.3, -0.25) is 14.5 Å². The van der Waals surface area contributed by atoms with E-state index in [1.165, 1.54) is 12.1 Å². The Bertz CT molecular complexity index is 835. The van der Waals surface area contributed by atoms with E-state index in [1.807, 2.05) is 24.0 Å². The maximum Gasteiger partial charge on any atom is 0.257 e. The molecule has 0 aliphatic carbocycles. The van der Waals surface area contributed by atoms with Crippen LogP contribution in [-0.4, -0.2) is 60.9 Å². The molecule has 7 heteroatoms. The van der Waals surface area contributed by atoms with Gasteiger partial charge in [0, 0.05) is 31.9 Å². The molecule has 148 valence electrons. The number of halogens is 1. The number of anilines is 1. The van der Waals surface area contributed by atoms with Crippen LogP contribution < -0.4 is 10.1 Å². The Morgan fingerprint density at radius 3 is 2.54 bits per heavy atom. The Hall–Kier alpha value is -2.93. The van der Waals surface area contributed by atoms with Gasteiger partial charge >= 0.3 is 0 Å². The summed E-state index contributed by atoms with van der Waals surface area (Å²) in [4.78, 5) is 28.7. The summed E-state index contributed by atoms with van der Waals surface area (Å²) >= 11 is 0. The molecule has 1 N–H and O–H groups in total. The first-order valence-corrected chi connectivity index (χ1v) is 9.35. The van der Waals surface area contributed by atoms with Crippen LogP contribution in [0, 0.1) is 5.82 Å². The third-order valence-corrected chi connectivity index (χ3v) is 4.55. The van der Waals surface area contributed by atoms with Crippen molar-refractivity contribution in [1.82, 2.24) is 9.80 Å². The molecule has 1 aliphatic rings. The van der Waals surface area contributed by atoms with Crippen LogP contribution in [0.25, 0.3) is 0 Å². The van der Waals surface area contributed by atoms with Gasteiger partial charge in [0.05, 0.1) is 18.7 Å². The SMILES string of the molecule is CCOc1ccccc1C(=O)N1CCN(CC(=O)Nc2cccc(F)c2)CC1. The Labute approximate surface area is 163 Å². The Morgan fingerprint density at radius 2 is 1.82 bits per heavy atom. The van der Waals surface area contributed by atoms with Crippen LogP contribution in [0.1, 0.15) is 17.3 Å². The van der Waals surface area contributed by atoms with E-state index in [4.69, 9.17) is 4.74 Å². The van der Waals surface area contributed by atoms with Crippen LogP contribution in [0.15, 0.2) is 48.5 Å². The lowest BCUT2D eigenvalue weighted by Crippen LogP contribution is -2.50.